The average molecular weight is 885 g/mol. The summed E-state index contributed by atoms with van der Waals surface area (Å²) in [6, 6.07) is 7.13. The number of cyclic esters (lactones) is 1. The van der Waals surface area contributed by atoms with E-state index in [1.54, 1.807) is 25.3 Å². The highest BCUT2D eigenvalue weighted by molar-refractivity contribution is 7.10. The molecule has 6 atom stereocenters. The van der Waals surface area contributed by atoms with Crippen LogP contribution < -0.4 is 10.7 Å². The summed E-state index contributed by atoms with van der Waals surface area (Å²) in [5, 5.41) is 8.19. The van der Waals surface area contributed by atoms with Crippen molar-refractivity contribution in [3.8, 4) is 22.5 Å². The van der Waals surface area contributed by atoms with Crippen LogP contribution in [0.5, 0.6) is 0 Å². The minimum Gasteiger partial charge on any atom is -0.464 e. The van der Waals surface area contributed by atoms with Crippen LogP contribution in [0.15, 0.2) is 41.9 Å². The highest BCUT2D eigenvalue weighted by Gasteiger charge is 2.40. The van der Waals surface area contributed by atoms with Crippen LogP contribution in [-0.2, 0) is 48.0 Å². The van der Waals surface area contributed by atoms with Gasteiger partial charge in [-0.2, -0.15) is 0 Å². The minimum atomic E-state index is -1.05. The molecule has 3 aromatic heterocycles. The molecule has 0 aliphatic carbocycles. The molecule has 0 saturated carbocycles. The number of morpholine rings is 1. The number of thiazole rings is 1. The van der Waals surface area contributed by atoms with Gasteiger partial charge in [-0.05, 0) is 82.7 Å². The highest BCUT2D eigenvalue weighted by atomic mass is 32.1. The smallest absolute Gasteiger partial charge is 0.324 e. The van der Waals surface area contributed by atoms with Gasteiger partial charge in [0.2, 0.25) is 5.91 Å². The van der Waals surface area contributed by atoms with Crippen molar-refractivity contribution in [2.24, 2.45) is 11.3 Å². The van der Waals surface area contributed by atoms with E-state index in [0.29, 0.717) is 50.6 Å². The topological polar surface area (TPSA) is 160 Å². The summed E-state index contributed by atoms with van der Waals surface area (Å²) in [6.07, 6.45) is 3.27. The first-order valence-electron chi connectivity index (χ1n) is 22.3. The van der Waals surface area contributed by atoms with Gasteiger partial charge >= 0.3 is 12.0 Å². The number of methoxy groups -OCH3 is 1. The van der Waals surface area contributed by atoms with Crippen LogP contribution in [-0.4, -0.2) is 124 Å². The number of nitrogens with one attached hydrogen (secondary N) is 2. The van der Waals surface area contributed by atoms with Crippen molar-refractivity contribution in [1.82, 2.24) is 40.1 Å². The molecule has 15 nitrogen and oxygen atoms in total. The number of carbonyl (C=O) groups is 4. The monoisotopic (exact) mass is 884 g/mol. The second-order valence-corrected chi connectivity index (χ2v) is 19.4. The Morgan fingerprint density at radius 3 is 2.57 bits per heavy atom. The van der Waals surface area contributed by atoms with Crippen molar-refractivity contribution < 1.29 is 33.4 Å². The number of nitrogens with zero attached hydrogens (tertiary/aromatic N) is 6. The van der Waals surface area contributed by atoms with Crippen LogP contribution in [0, 0.1) is 11.3 Å². The molecule has 340 valence electrons. The lowest BCUT2D eigenvalue weighted by atomic mass is 9.84. The van der Waals surface area contributed by atoms with E-state index in [4.69, 9.17) is 24.2 Å². The van der Waals surface area contributed by atoms with Gasteiger partial charge in [-0.15, -0.1) is 11.3 Å². The van der Waals surface area contributed by atoms with E-state index in [-0.39, 0.29) is 43.2 Å². The van der Waals surface area contributed by atoms with Crippen molar-refractivity contribution in [2.45, 2.75) is 124 Å². The van der Waals surface area contributed by atoms with E-state index in [2.05, 4.69) is 60.3 Å². The number of urea groups is 1. The van der Waals surface area contributed by atoms with Gasteiger partial charge in [-0.3, -0.25) is 24.4 Å². The lowest BCUT2D eigenvalue weighted by Gasteiger charge is -2.43. The average Bonchev–Trinajstić information content (AvgIpc) is 3.85. The summed E-state index contributed by atoms with van der Waals surface area (Å²) in [5.41, 5.74) is 9.36. The second-order valence-electron chi connectivity index (χ2n) is 18.5. The molecule has 3 aliphatic rings. The third-order valence-corrected chi connectivity index (χ3v) is 13.5. The summed E-state index contributed by atoms with van der Waals surface area (Å²) >= 11 is 1.42. The van der Waals surface area contributed by atoms with Crippen LogP contribution in [0.25, 0.3) is 33.4 Å². The van der Waals surface area contributed by atoms with Gasteiger partial charge in [0.05, 0.1) is 60.1 Å². The van der Waals surface area contributed by atoms with Gasteiger partial charge in [0.1, 0.15) is 18.1 Å². The van der Waals surface area contributed by atoms with Crippen LogP contribution in [0.2, 0.25) is 0 Å². The predicted molar refractivity (Wildman–Crippen MR) is 243 cm³/mol. The van der Waals surface area contributed by atoms with Crippen LogP contribution in [0.4, 0.5) is 4.79 Å². The predicted octanol–water partition coefficient (Wildman–Crippen LogP) is 6.39. The Kier molecular flexibility index (Phi) is 13.9. The first-order valence-corrected chi connectivity index (χ1v) is 23.2. The molecule has 2 N–H and O–H groups in total. The van der Waals surface area contributed by atoms with Crippen molar-refractivity contribution in [3.05, 3.63) is 58.2 Å². The zero-order valence-electron chi connectivity index (χ0n) is 38.4. The van der Waals surface area contributed by atoms with E-state index in [1.165, 1.54) is 21.2 Å². The fourth-order valence-electron chi connectivity index (χ4n) is 9.43. The molecule has 2 fully saturated rings. The van der Waals surface area contributed by atoms with Crippen molar-refractivity contribution >= 4 is 46.1 Å². The third-order valence-electron chi connectivity index (χ3n) is 12.7. The Morgan fingerprint density at radius 2 is 1.87 bits per heavy atom. The molecule has 4 amide bonds. The number of hydrogen-bond donors (Lipinski definition) is 2. The zero-order valence-corrected chi connectivity index (χ0v) is 39.2. The zero-order chi connectivity index (χ0) is 45.3. The standard InChI is InChI=1S/C47H64N8O7S/c1-11-53-38-17-16-31-20-33(38)34(42(53)32-14-12-18-48-40(32)30(6)60-10)22-47(7,8)26-62-45(58)35-15-13-19-54(51-35)44(57)36(21-39-49-37(31)25-63-39)50-43(56)41(27(2)3)52(9)46(59)55-28(4)23-61-24-29(55)5/h12,14,16-18,20,25,27-30,35-36,41,51H,11,13,15,19,21-24,26H2,1-10H3,(H,50,56)/t28-,29+,30-,35-,36-,41?/m0/s1. The summed E-state index contributed by atoms with van der Waals surface area (Å²) in [6.45, 7) is 18.0. The number of ether oxygens (including phenoxy) is 3. The number of benzene rings is 1. The fraction of sp³-hybridized carbons (Fsp3) is 0.574. The molecule has 3 aliphatic heterocycles. The van der Waals surface area contributed by atoms with E-state index in [1.807, 2.05) is 46.1 Å². The van der Waals surface area contributed by atoms with Crippen LogP contribution in [0.3, 0.4) is 0 Å². The molecule has 0 spiro atoms. The first-order chi connectivity index (χ1) is 30.0. The number of amides is 4. The maximum Gasteiger partial charge on any atom is 0.324 e. The second kappa shape index (κ2) is 19.1. The molecule has 1 aromatic carbocycles. The Morgan fingerprint density at radius 1 is 1.13 bits per heavy atom. The number of aromatic nitrogens is 3. The quantitative estimate of drug-likeness (QED) is 0.190. The van der Waals surface area contributed by atoms with Crippen molar-refractivity contribution in [2.75, 3.05) is 40.5 Å². The van der Waals surface area contributed by atoms with Gasteiger partial charge in [0, 0.05) is 72.7 Å². The molecule has 16 heteroatoms. The summed E-state index contributed by atoms with van der Waals surface area (Å²) in [4.78, 5) is 70.1. The molecule has 6 bridgehead atoms. The molecule has 6 heterocycles. The van der Waals surface area contributed by atoms with Gasteiger partial charge in [-0.1, -0.05) is 33.8 Å². The first kappa shape index (κ1) is 46.1. The number of likely N-dealkylation sites (N-methyl/N-ethyl adjacent to an activating group) is 1. The molecule has 2 saturated heterocycles. The minimum absolute atomic E-state index is 0.0993. The Balaban J connectivity index is 1.29. The van der Waals surface area contributed by atoms with Crippen molar-refractivity contribution in [1.29, 1.82) is 0 Å². The van der Waals surface area contributed by atoms with Crippen LogP contribution >= 0.6 is 11.3 Å². The van der Waals surface area contributed by atoms with E-state index >= 15 is 0 Å². The number of esters is 1. The Labute approximate surface area is 374 Å². The third kappa shape index (κ3) is 9.50. The van der Waals surface area contributed by atoms with Gasteiger partial charge in [0.15, 0.2) is 0 Å². The molecule has 0 radical (unpaired) electrons. The normalized spacial score (nSPS) is 23.0. The molecule has 7 rings (SSSR count). The number of aryl methyl sites for hydroxylation is 1. The van der Waals surface area contributed by atoms with E-state index in [0.717, 1.165) is 44.7 Å². The maximum atomic E-state index is 14.6. The molecular formula is C47H64N8O7S. The Bertz CT molecular complexity index is 2310. The number of pyridine rings is 1. The highest BCUT2D eigenvalue weighted by Crippen LogP contribution is 2.42. The number of hydrogen-bond acceptors (Lipinski definition) is 11. The van der Waals surface area contributed by atoms with Crippen molar-refractivity contribution in [3.63, 3.8) is 0 Å². The molecule has 63 heavy (non-hydrogen) atoms. The van der Waals surface area contributed by atoms with Gasteiger partial charge in [-0.25, -0.2) is 15.2 Å². The fourth-order valence-corrected chi connectivity index (χ4v) is 10.3. The Hall–Kier alpha value is -4.90. The van der Waals surface area contributed by atoms with Gasteiger partial charge in [0.25, 0.3) is 5.91 Å². The lowest BCUT2D eigenvalue weighted by Crippen LogP contribution is -2.63. The lowest BCUT2D eigenvalue weighted by molar-refractivity contribution is -0.155. The molecular weight excluding hydrogens is 821 g/mol. The summed E-state index contributed by atoms with van der Waals surface area (Å²) < 4.78 is 19.9. The number of carbonyl (C=O) groups excluding carboxylic acids is 4. The number of fused-ring (bicyclic) bond motifs is 6. The number of rotatable bonds is 8. The molecule has 4 aromatic rings. The summed E-state index contributed by atoms with van der Waals surface area (Å²) in [5.74, 6) is -1.57. The summed E-state index contributed by atoms with van der Waals surface area (Å²) in [7, 11) is 3.33. The van der Waals surface area contributed by atoms with E-state index < -0.39 is 41.3 Å². The SMILES string of the molecule is CCn1c(-c2cccnc2[C@H](C)OC)c2c3cc(ccc31)-c1csc(n1)C[C@H](NC(=O)C(C(C)C)N(C)C(=O)N1[C@H](C)COC[C@@H]1C)C(=O)N1CCC[C@H](N1)C(=O)OCC(C)(C)C2. The largest absolute Gasteiger partial charge is 0.464 e. The van der Waals surface area contributed by atoms with E-state index in [9.17, 15) is 19.2 Å². The van der Waals surface area contributed by atoms with Gasteiger partial charge < -0.3 is 33.9 Å². The number of hydrazine groups is 1. The maximum absolute atomic E-state index is 14.6. The molecule has 1 unspecified atom stereocenters. The van der Waals surface area contributed by atoms with Crippen LogP contribution in [0.1, 0.15) is 90.6 Å².